The van der Waals surface area contributed by atoms with E-state index in [0.717, 1.165) is 0 Å². The molecule has 0 spiro atoms. The van der Waals surface area contributed by atoms with E-state index in [9.17, 15) is 9.59 Å². The van der Waals surface area contributed by atoms with Crippen molar-refractivity contribution in [2.45, 2.75) is 26.3 Å². The van der Waals surface area contributed by atoms with Gasteiger partial charge in [-0.15, -0.1) is 0 Å². The summed E-state index contributed by atoms with van der Waals surface area (Å²) < 4.78 is 0. The molecule has 0 aliphatic carbocycles. The average molecular weight is 315 g/mol. The van der Waals surface area contributed by atoms with Crippen LogP contribution in [0.1, 0.15) is 20.3 Å². The molecule has 1 aromatic rings. The van der Waals surface area contributed by atoms with Crippen LogP contribution in [0.2, 0.25) is 10.0 Å². The highest BCUT2D eigenvalue weighted by Gasteiger charge is 2.32. The van der Waals surface area contributed by atoms with E-state index in [1.165, 1.54) is 0 Å². The lowest BCUT2D eigenvalue weighted by Gasteiger charge is -2.26. The van der Waals surface area contributed by atoms with Crippen molar-refractivity contribution in [3.05, 3.63) is 28.2 Å². The first-order valence-electron chi connectivity index (χ1n) is 6.46. The number of amides is 2. The highest BCUT2D eigenvalue weighted by Crippen LogP contribution is 2.28. The second-order valence-electron chi connectivity index (χ2n) is 5.13. The van der Waals surface area contributed by atoms with Gasteiger partial charge in [-0.25, -0.2) is 0 Å². The van der Waals surface area contributed by atoms with Crippen molar-refractivity contribution >= 4 is 40.7 Å². The fraction of sp³-hybridized carbons (Fsp3) is 0.429. The highest BCUT2D eigenvalue weighted by molar-refractivity contribution is 6.42. The van der Waals surface area contributed by atoms with Gasteiger partial charge in [0.05, 0.1) is 10.0 Å². The zero-order chi connectivity index (χ0) is 14.9. The smallest absolute Gasteiger partial charge is 0.249 e. The summed E-state index contributed by atoms with van der Waals surface area (Å²) in [6.45, 7) is 4.15. The second kappa shape index (κ2) is 6.02. The number of halogens is 2. The van der Waals surface area contributed by atoms with Gasteiger partial charge in [-0.2, -0.15) is 0 Å². The molecule has 1 aliphatic rings. The van der Waals surface area contributed by atoms with E-state index in [0.29, 0.717) is 22.3 Å². The Balaban J connectivity index is 2.35. The minimum atomic E-state index is -0.514. The number of hydrogen-bond acceptors (Lipinski definition) is 2. The van der Waals surface area contributed by atoms with Gasteiger partial charge in [-0.05, 0) is 24.1 Å². The van der Waals surface area contributed by atoms with Crippen LogP contribution < -0.4 is 10.2 Å². The van der Waals surface area contributed by atoms with Crippen molar-refractivity contribution in [3.63, 3.8) is 0 Å². The maximum atomic E-state index is 12.6. The summed E-state index contributed by atoms with van der Waals surface area (Å²) in [5, 5.41) is 3.59. The van der Waals surface area contributed by atoms with Crippen LogP contribution in [-0.2, 0) is 9.59 Å². The van der Waals surface area contributed by atoms with Crippen molar-refractivity contribution in [3.8, 4) is 0 Å². The maximum absolute atomic E-state index is 12.6. The Morgan fingerprint density at radius 2 is 1.95 bits per heavy atom. The Morgan fingerprint density at radius 1 is 1.25 bits per heavy atom. The van der Waals surface area contributed by atoms with Crippen LogP contribution in [-0.4, -0.2) is 24.4 Å². The van der Waals surface area contributed by atoms with Crippen LogP contribution in [0, 0.1) is 5.92 Å². The molecule has 20 heavy (non-hydrogen) atoms. The van der Waals surface area contributed by atoms with Gasteiger partial charge < -0.3 is 10.2 Å². The third-order valence-corrected chi connectivity index (χ3v) is 4.03. The van der Waals surface area contributed by atoms with Gasteiger partial charge in [0.15, 0.2) is 0 Å². The lowest BCUT2D eigenvalue weighted by molar-refractivity contribution is -0.126. The first-order valence-corrected chi connectivity index (χ1v) is 7.21. The molecule has 6 heteroatoms. The minimum Gasteiger partial charge on any atom is -0.344 e. The molecule has 1 aromatic carbocycles. The number of anilines is 1. The van der Waals surface area contributed by atoms with Gasteiger partial charge in [-0.3, -0.25) is 9.59 Å². The molecule has 2 rings (SSSR count). The molecule has 2 amide bonds. The van der Waals surface area contributed by atoms with Gasteiger partial charge in [-0.1, -0.05) is 37.0 Å². The Bertz CT molecular complexity index is 546. The van der Waals surface area contributed by atoms with E-state index in [1.807, 2.05) is 13.8 Å². The number of nitrogens with zero attached hydrogens (tertiary/aromatic N) is 1. The average Bonchev–Trinajstić information content (AvgIpc) is 2.53. The first-order chi connectivity index (χ1) is 9.40. The molecule has 1 heterocycles. The van der Waals surface area contributed by atoms with Gasteiger partial charge in [0.1, 0.15) is 6.04 Å². The predicted molar refractivity (Wildman–Crippen MR) is 80.2 cm³/mol. The zero-order valence-electron chi connectivity index (χ0n) is 11.3. The number of rotatable bonds is 2. The van der Waals surface area contributed by atoms with Crippen LogP contribution in [0.3, 0.4) is 0 Å². The summed E-state index contributed by atoms with van der Waals surface area (Å²) in [6, 6.07) is 4.52. The zero-order valence-corrected chi connectivity index (χ0v) is 12.8. The highest BCUT2D eigenvalue weighted by atomic mass is 35.5. The van der Waals surface area contributed by atoms with Gasteiger partial charge in [0, 0.05) is 18.7 Å². The van der Waals surface area contributed by atoms with Crippen molar-refractivity contribution in [2.75, 3.05) is 11.4 Å². The molecule has 1 unspecified atom stereocenters. The van der Waals surface area contributed by atoms with Gasteiger partial charge in [0.2, 0.25) is 11.8 Å². The molecular formula is C14H16Cl2N2O2. The largest absolute Gasteiger partial charge is 0.344 e. The molecule has 0 saturated carbocycles. The third-order valence-electron chi connectivity index (χ3n) is 3.29. The SMILES string of the molecule is CC(C)C1NC(=O)CCN(c2ccc(Cl)c(Cl)c2)C1=O. The van der Waals surface area contributed by atoms with Crippen molar-refractivity contribution in [1.82, 2.24) is 5.32 Å². The van der Waals surface area contributed by atoms with Gasteiger partial charge >= 0.3 is 0 Å². The van der Waals surface area contributed by atoms with Crippen molar-refractivity contribution in [1.29, 1.82) is 0 Å². The van der Waals surface area contributed by atoms with E-state index in [1.54, 1.807) is 23.1 Å². The second-order valence-corrected chi connectivity index (χ2v) is 5.94. The van der Waals surface area contributed by atoms with E-state index in [4.69, 9.17) is 23.2 Å². The number of nitrogens with one attached hydrogen (secondary N) is 1. The molecule has 1 saturated heterocycles. The summed E-state index contributed by atoms with van der Waals surface area (Å²) in [7, 11) is 0. The Hall–Kier alpha value is -1.26. The molecule has 108 valence electrons. The summed E-state index contributed by atoms with van der Waals surface area (Å²) in [6.07, 6.45) is 0.273. The van der Waals surface area contributed by atoms with Crippen LogP contribution in [0.4, 0.5) is 5.69 Å². The van der Waals surface area contributed by atoms with E-state index in [-0.39, 0.29) is 24.2 Å². The first kappa shape index (κ1) is 15.1. The van der Waals surface area contributed by atoms with Gasteiger partial charge in [0.25, 0.3) is 0 Å². The molecule has 4 nitrogen and oxygen atoms in total. The lowest BCUT2D eigenvalue weighted by Crippen LogP contribution is -2.47. The minimum absolute atomic E-state index is 0.0230. The topological polar surface area (TPSA) is 49.4 Å². The van der Waals surface area contributed by atoms with E-state index < -0.39 is 6.04 Å². The molecular weight excluding hydrogens is 299 g/mol. The number of carbonyl (C=O) groups is 2. The number of benzene rings is 1. The summed E-state index contributed by atoms with van der Waals surface area (Å²) in [5.41, 5.74) is 0.659. The Kier molecular flexibility index (Phi) is 4.55. The Morgan fingerprint density at radius 3 is 2.55 bits per heavy atom. The molecule has 0 aromatic heterocycles. The molecule has 0 radical (unpaired) electrons. The fourth-order valence-electron chi connectivity index (χ4n) is 2.16. The van der Waals surface area contributed by atoms with Crippen LogP contribution in [0.25, 0.3) is 0 Å². The number of carbonyl (C=O) groups excluding carboxylic acids is 2. The maximum Gasteiger partial charge on any atom is 0.249 e. The Labute approximate surface area is 128 Å². The van der Waals surface area contributed by atoms with Crippen molar-refractivity contribution < 1.29 is 9.59 Å². The summed E-state index contributed by atoms with van der Waals surface area (Å²) >= 11 is 11.9. The summed E-state index contributed by atoms with van der Waals surface area (Å²) in [4.78, 5) is 25.9. The van der Waals surface area contributed by atoms with Crippen LogP contribution >= 0.6 is 23.2 Å². The third kappa shape index (κ3) is 3.07. The van der Waals surface area contributed by atoms with Crippen molar-refractivity contribution in [2.24, 2.45) is 5.92 Å². The molecule has 1 aliphatic heterocycles. The summed E-state index contributed by atoms with van der Waals surface area (Å²) in [5.74, 6) is -0.210. The lowest BCUT2D eigenvalue weighted by atomic mass is 10.0. The quantitative estimate of drug-likeness (QED) is 0.912. The van der Waals surface area contributed by atoms with Crippen LogP contribution in [0.5, 0.6) is 0 Å². The van der Waals surface area contributed by atoms with E-state index in [2.05, 4.69) is 5.32 Å². The number of hydrogen-bond donors (Lipinski definition) is 1. The van der Waals surface area contributed by atoms with Crippen LogP contribution in [0.15, 0.2) is 18.2 Å². The monoisotopic (exact) mass is 314 g/mol. The molecule has 1 atom stereocenters. The normalized spacial score (nSPS) is 20.1. The standard InChI is InChI=1S/C14H16Cl2N2O2/c1-8(2)13-14(20)18(6-5-12(19)17-13)9-3-4-10(15)11(16)7-9/h3-4,7-8,13H,5-6H2,1-2H3,(H,17,19). The van der Waals surface area contributed by atoms with E-state index >= 15 is 0 Å². The molecule has 1 fully saturated rings. The fourth-order valence-corrected chi connectivity index (χ4v) is 2.45. The molecule has 0 bridgehead atoms. The predicted octanol–water partition coefficient (Wildman–Crippen LogP) is 2.87. The molecule has 1 N–H and O–H groups in total.